The molecule has 0 saturated carbocycles. The van der Waals surface area contributed by atoms with E-state index in [-0.39, 0.29) is 17.1 Å². The van der Waals surface area contributed by atoms with Crippen molar-refractivity contribution in [3.05, 3.63) is 77.7 Å². The molecular formula is C28H27N3O5S2. The van der Waals surface area contributed by atoms with Crippen molar-refractivity contribution in [2.75, 3.05) is 32.0 Å². The Kier molecular flexibility index (Phi) is 8.88. The zero-order valence-electron chi connectivity index (χ0n) is 21.3. The zero-order valence-corrected chi connectivity index (χ0v) is 22.9. The SMILES string of the molecule is COc1cccc(-c2csc(NC(=O)C(C)Sc3ccc(NC(=O)c4c(OC)cccc4OC)cc3)n2)c1. The highest BCUT2D eigenvalue weighted by atomic mass is 32.2. The second-order valence-electron chi connectivity index (χ2n) is 8.04. The number of rotatable bonds is 10. The van der Waals surface area contributed by atoms with Crippen LogP contribution in [0.1, 0.15) is 17.3 Å². The van der Waals surface area contributed by atoms with Crippen LogP contribution >= 0.6 is 23.1 Å². The molecule has 0 spiro atoms. The van der Waals surface area contributed by atoms with E-state index in [2.05, 4.69) is 15.6 Å². The number of thiazole rings is 1. The van der Waals surface area contributed by atoms with Crippen LogP contribution in [0.3, 0.4) is 0 Å². The van der Waals surface area contributed by atoms with Gasteiger partial charge in [0.2, 0.25) is 5.91 Å². The number of hydrogen-bond donors (Lipinski definition) is 2. The summed E-state index contributed by atoms with van der Waals surface area (Å²) in [5.41, 5.74) is 2.61. The average molecular weight is 550 g/mol. The van der Waals surface area contributed by atoms with Crippen LogP contribution in [0.15, 0.2) is 77.0 Å². The van der Waals surface area contributed by atoms with E-state index in [1.165, 1.54) is 37.3 Å². The molecule has 0 aliphatic heterocycles. The lowest BCUT2D eigenvalue weighted by molar-refractivity contribution is -0.115. The Morgan fingerprint density at radius 2 is 1.58 bits per heavy atom. The Bertz CT molecular complexity index is 1400. The van der Waals surface area contributed by atoms with Crippen molar-refractivity contribution in [1.82, 2.24) is 4.98 Å². The number of carbonyl (C=O) groups is 2. The van der Waals surface area contributed by atoms with Crippen molar-refractivity contribution in [3.63, 3.8) is 0 Å². The topological polar surface area (TPSA) is 98.8 Å². The van der Waals surface area contributed by atoms with Crippen LogP contribution in [-0.2, 0) is 4.79 Å². The first-order valence-corrected chi connectivity index (χ1v) is 13.4. The molecule has 0 radical (unpaired) electrons. The van der Waals surface area contributed by atoms with Crippen molar-refractivity contribution in [3.8, 4) is 28.5 Å². The number of nitrogens with zero attached hydrogens (tertiary/aromatic N) is 1. The Balaban J connectivity index is 1.35. The van der Waals surface area contributed by atoms with E-state index in [4.69, 9.17) is 14.2 Å². The maximum absolute atomic E-state index is 12.9. The van der Waals surface area contributed by atoms with E-state index in [0.717, 1.165) is 21.9 Å². The predicted molar refractivity (Wildman–Crippen MR) is 152 cm³/mol. The summed E-state index contributed by atoms with van der Waals surface area (Å²) in [6.07, 6.45) is 0. The van der Waals surface area contributed by atoms with Gasteiger partial charge in [0.15, 0.2) is 5.13 Å². The predicted octanol–water partition coefficient (Wildman–Crippen LogP) is 6.21. The van der Waals surface area contributed by atoms with Gasteiger partial charge in [-0.3, -0.25) is 9.59 Å². The lowest BCUT2D eigenvalue weighted by Gasteiger charge is -2.14. The fourth-order valence-corrected chi connectivity index (χ4v) is 5.19. The molecule has 0 aliphatic carbocycles. The summed E-state index contributed by atoms with van der Waals surface area (Å²) in [5.74, 6) is 1.09. The maximum Gasteiger partial charge on any atom is 0.263 e. The van der Waals surface area contributed by atoms with Crippen molar-refractivity contribution in [2.45, 2.75) is 17.1 Å². The number of amides is 2. The standard InChI is InChI=1S/C28H27N3O5S2/c1-17(26(32)31-28-30-22(16-37-28)18-7-5-8-20(15-18)34-2)38-21-13-11-19(12-14-21)29-27(33)25-23(35-3)9-6-10-24(25)36-4/h5-17H,1-4H3,(H,29,33)(H,30,31,32). The molecule has 38 heavy (non-hydrogen) atoms. The van der Waals surface area contributed by atoms with Crippen LogP contribution in [0, 0.1) is 0 Å². The van der Waals surface area contributed by atoms with Gasteiger partial charge >= 0.3 is 0 Å². The summed E-state index contributed by atoms with van der Waals surface area (Å²) in [6, 6.07) is 20.1. The molecule has 10 heteroatoms. The molecule has 0 bridgehead atoms. The van der Waals surface area contributed by atoms with E-state index < -0.39 is 0 Å². The summed E-state index contributed by atoms with van der Waals surface area (Å²) in [7, 11) is 4.63. The molecule has 196 valence electrons. The van der Waals surface area contributed by atoms with Gasteiger partial charge in [-0.1, -0.05) is 18.2 Å². The molecular weight excluding hydrogens is 522 g/mol. The Morgan fingerprint density at radius 3 is 2.24 bits per heavy atom. The molecule has 1 atom stereocenters. The average Bonchev–Trinajstić information content (AvgIpc) is 3.42. The number of benzene rings is 3. The van der Waals surface area contributed by atoms with Gasteiger partial charge in [-0.2, -0.15) is 0 Å². The first-order valence-electron chi connectivity index (χ1n) is 11.6. The number of carbonyl (C=O) groups excluding carboxylic acids is 2. The summed E-state index contributed by atoms with van der Waals surface area (Å²) in [6.45, 7) is 1.83. The van der Waals surface area contributed by atoms with Gasteiger partial charge in [0.1, 0.15) is 22.8 Å². The molecule has 1 heterocycles. The molecule has 2 amide bonds. The Morgan fingerprint density at radius 1 is 0.895 bits per heavy atom. The van der Waals surface area contributed by atoms with E-state index >= 15 is 0 Å². The third kappa shape index (κ3) is 6.45. The molecule has 3 aromatic carbocycles. The second kappa shape index (κ2) is 12.5. The third-order valence-electron chi connectivity index (χ3n) is 5.55. The summed E-state index contributed by atoms with van der Waals surface area (Å²) >= 11 is 2.78. The minimum atomic E-state index is -0.363. The van der Waals surface area contributed by atoms with Gasteiger partial charge < -0.3 is 24.8 Å². The molecule has 0 aliphatic rings. The van der Waals surface area contributed by atoms with Crippen molar-refractivity contribution in [1.29, 1.82) is 0 Å². The second-order valence-corrected chi connectivity index (χ2v) is 10.3. The Labute approximate surface area is 229 Å². The minimum Gasteiger partial charge on any atom is -0.497 e. The number of methoxy groups -OCH3 is 3. The number of nitrogens with one attached hydrogen (secondary N) is 2. The highest BCUT2D eigenvalue weighted by Gasteiger charge is 2.19. The van der Waals surface area contributed by atoms with Crippen LogP contribution in [0.4, 0.5) is 10.8 Å². The van der Waals surface area contributed by atoms with Crippen LogP contribution in [0.2, 0.25) is 0 Å². The summed E-state index contributed by atoms with van der Waals surface area (Å²) in [5, 5.41) is 7.83. The monoisotopic (exact) mass is 549 g/mol. The van der Waals surface area contributed by atoms with E-state index in [1.807, 2.05) is 48.7 Å². The molecule has 0 fully saturated rings. The van der Waals surface area contributed by atoms with Gasteiger partial charge in [0, 0.05) is 21.5 Å². The van der Waals surface area contributed by atoms with Crippen molar-refractivity contribution in [2.24, 2.45) is 0 Å². The number of thioether (sulfide) groups is 1. The Hall–Kier alpha value is -4.02. The van der Waals surface area contributed by atoms with Crippen molar-refractivity contribution < 1.29 is 23.8 Å². The molecule has 1 aromatic heterocycles. The van der Waals surface area contributed by atoms with Crippen LogP contribution in [0.25, 0.3) is 11.3 Å². The fourth-order valence-electron chi connectivity index (χ4n) is 3.60. The van der Waals surface area contributed by atoms with Crippen LogP contribution in [0.5, 0.6) is 17.2 Å². The van der Waals surface area contributed by atoms with Crippen molar-refractivity contribution >= 4 is 45.7 Å². The van der Waals surface area contributed by atoms with Crippen LogP contribution < -0.4 is 24.8 Å². The first-order chi connectivity index (χ1) is 18.4. The maximum atomic E-state index is 12.9. The van der Waals surface area contributed by atoms with Gasteiger partial charge in [-0.05, 0) is 55.5 Å². The molecule has 1 unspecified atom stereocenters. The first kappa shape index (κ1) is 27.0. The van der Waals surface area contributed by atoms with Gasteiger partial charge in [-0.15, -0.1) is 23.1 Å². The highest BCUT2D eigenvalue weighted by molar-refractivity contribution is 8.00. The van der Waals surface area contributed by atoms with E-state index in [9.17, 15) is 9.59 Å². The molecule has 2 N–H and O–H groups in total. The van der Waals surface area contributed by atoms with E-state index in [0.29, 0.717) is 27.9 Å². The minimum absolute atomic E-state index is 0.151. The van der Waals surface area contributed by atoms with Crippen LogP contribution in [-0.4, -0.2) is 43.4 Å². The summed E-state index contributed by atoms with van der Waals surface area (Å²) in [4.78, 5) is 31.1. The lowest BCUT2D eigenvalue weighted by atomic mass is 10.1. The molecule has 4 rings (SSSR count). The van der Waals surface area contributed by atoms with Gasteiger partial charge in [0.05, 0.1) is 32.3 Å². The zero-order chi connectivity index (χ0) is 27.1. The van der Waals surface area contributed by atoms with Gasteiger partial charge in [0.25, 0.3) is 5.91 Å². The molecule has 4 aromatic rings. The normalized spacial score (nSPS) is 11.4. The lowest BCUT2D eigenvalue weighted by Crippen LogP contribution is -2.22. The largest absolute Gasteiger partial charge is 0.497 e. The quantitative estimate of drug-likeness (QED) is 0.227. The smallest absolute Gasteiger partial charge is 0.263 e. The molecule has 8 nitrogen and oxygen atoms in total. The number of aromatic nitrogens is 1. The fraction of sp³-hybridized carbons (Fsp3) is 0.179. The highest BCUT2D eigenvalue weighted by Crippen LogP contribution is 2.31. The van der Waals surface area contributed by atoms with Gasteiger partial charge in [-0.25, -0.2) is 4.98 Å². The number of hydrogen-bond acceptors (Lipinski definition) is 8. The number of anilines is 2. The number of ether oxygens (including phenoxy) is 3. The van der Waals surface area contributed by atoms with E-state index in [1.54, 1.807) is 37.4 Å². The molecule has 0 saturated heterocycles. The summed E-state index contributed by atoms with van der Waals surface area (Å²) < 4.78 is 15.9. The third-order valence-corrected chi connectivity index (χ3v) is 7.42.